The van der Waals surface area contributed by atoms with Gasteiger partial charge in [0.2, 0.25) is 0 Å². The first kappa shape index (κ1) is 35.4. The van der Waals surface area contributed by atoms with Crippen molar-refractivity contribution in [1.29, 1.82) is 0 Å². The van der Waals surface area contributed by atoms with E-state index in [0.717, 1.165) is 0 Å². The van der Waals surface area contributed by atoms with Gasteiger partial charge in [-0.2, -0.15) is 16.8 Å². The Morgan fingerprint density at radius 2 is 0.892 bits per heavy atom. The fourth-order valence-electron chi connectivity index (χ4n) is 2.38. The van der Waals surface area contributed by atoms with Gasteiger partial charge in [0.15, 0.2) is 0 Å². The molecule has 0 spiro atoms. The Labute approximate surface area is 222 Å². The quantitative estimate of drug-likeness (QED) is 0.295. The lowest BCUT2D eigenvalue weighted by Crippen LogP contribution is -2.40. The summed E-state index contributed by atoms with van der Waals surface area (Å²) in [4.78, 5) is 23.6. The number of carbonyl (C=O) groups is 2. The summed E-state index contributed by atoms with van der Waals surface area (Å²) in [6, 6.07) is 0. The third kappa shape index (κ3) is 20.1. The third-order valence-electron chi connectivity index (χ3n) is 4.27. The van der Waals surface area contributed by atoms with E-state index in [1.807, 2.05) is 0 Å². The van der Waals surface area contributed by atoms with Crippen LogP contribution in [0.1, 0.15) is 75.7 Å². The van der Waals surface area contributed by atoms with Crippen LogP contribution in [0.3, 0.4) is 0 Å². The molecular weight excluding hydrogens is 528 g/mol. The average molecular weight is 575 g/mol. The molecule has 0 saturated heterocycles. The predicted molar refractivity (Wildman–Crippen MR) is 140 cm³/mol. The van der Waals surface area contributed by atoms with Crippen LogP contribution in [0.25, 0.3) is 0 Å². The first-order valence-corrected chi connectivity index (χ1v) is 15.2. The number of nitrogens with one attached hydrogen (secondary N) is 2. The Morgan fingerprint density at radius 3 is 1.16 bits per heavy atom. The smallest absolute Gasteiger partial charge is 0.407 e. The molecule has 0 rings (SSSR count). The molecule has 0 radical (unpaired) electrons. The van der Waals surface area contributed by atoms with Gasteiger partial charge in [0.05, 0.1) is 24.7 Å². The van der Waals surface area contributed by atoms with Gasteiger partial charge in [-0.1, -0.05) is 27.7 Å². The van der Waals surface area contributed by atoms with Gasteiger partial charge in [-0.3, -0.25) is 8.37 Å². The highest BCUT2D eigenvalue weighted by Gasteiger charge is 2.27. The second-order valence-electron chi connectivity index (χ2n) is 12.4. The number of carbonyl (C=O) groups excluding carboxylic acids is 2. The van der Waals surface area contributed by atoms with Crippen LogP contribution in [0.15, 0.2) is 0 Å². The summed E-state index contributed by atoms with van der Waals surface area (Å²) in [7, 11) is -8.01. The Morgan fingerprint density at radius 1 is 0.595 bits per heavy atom. The molecule has 0 saturated carbocycles. The van der Waals surface area contributed by atoms with Gasteiger partial charge in [0.1, 0.15) is 11.2 Å². The molecule has 0 aliphatic heterocycles. The van der Waals surface area contributed by atoms with Crippen molar-refractivity contribution in [2.24, 2.45) is 10.8 Å². The van der Waals surface area contributed by atoms with Crippen LogP contribution in [-0.4, -0.2) is 78.0 Å². The van der Waals surface area contributed by atoms with Crippen LogP contribution in [-0.2, 0) is 38.1 Å². The summed E-state index contributed by atoms with van der Waals surface area (Å²) in [5.41, 5.74) is -2.77. The lowest BCUT2D eigenvalue weighted by molar-refractivity contribution is 0.0483. The molecule has 14 heteroatoms. The van der Waals surface area contributed by atoms with Crippen LogP contribution in [0.4, 0.5) is 9.59 Å². The molecule has 2 amide bonds. The first-order chi connectivity index (χ1) is 16.3. The molecule has 0 aliphatic rings. The number of ether oxygens (including phenoxy) is 2. The van der Waals surface area contributed by atoms with Crippen LogP contribution < -0.4 is 10.6 Å². The zero-order chi connectivity index (χ0) is 29.3. The Bertz CT molecular complexity index is 882. The van der Waals surface area contributed by atoms with E-state index >= 15 is 0 Å². The summed E-state index contributed by atoms with van der Waals surface area (Å²) < 4.78 is 69.3. The highest BCUT2D eigenvalue weighted by molar-refractivity contribution is 7.87. The molecule has 2 N–H and O–H groups in total. The van der Waals surface area contributed by atoms with Crippen molar-refractivity contribution in [1.82, 2.24) is 10.6 Å². The fraction of sp³-hybridized carbons (Fsp3) is 0.913. The molecule has 220 valence electrons. The number of rotatable bonds is 14. The SMILES string of the molecule is CC(C)(CNC(=O)OC(C)(C)C)COS(=O)(=O)CCCS(=O)(=O)OCC(C)(C)CNC(=O)OC(C)(C)C. The van der Waals surface area contributed by atoms with E-state index in [1.54, 1.807) is 69.2 Å². The molecule has 12 nitrogen and oxygen atoms in total. The van der Waals surface area contributed by atoms with Gasteiger partial charge < -0.3 is 20.1 Å². The molecule has 37 heavy (non-hydrogen) atoms. The second-order valence-corrected chi connectivity index (χ2v) is 16.0. The molecule has 0 aromatic heterocycles. The lowest BCUT2D eigenvalue weighted by Gasteiger charge is -2.26. The largest absolute Gasteiger partial charge is 0.444 e. The number of hydrogen-bond donors (Lipinski definition) is 2. The van der Waals surface area contributed by atoms with E-state index in [9.17, 15) is 26.4 Å². The van der Waals surface area contributed by atoms with E-state index in [2.05, 4.69) is 10.6 Å². The highest BCUT2D eigenvalue weighted by Crippen LogP contribution is 2.18. The van der Waals surface area contributed by atoms with Gasteiger partial charge in [-0.15, -0.1) is 0 Å². The topological polar surface area (TPSA) is 163 Å². The molecule has 0 unspecified atom stereocenters. The average Bonchev–Trinajstić information content (AvgIpc) is 2.66. The van der Waals surface area contributed by atoms with Crippen molar-refractivity contribution >= 4 is 32.4 Å². The Kier molecular flexibility index (Phi) is 12.8. The van der Waals surface area contributed by atoms with Gasteiger partial charge in [-0.05, 0) is 48.0 Å². The predicted octanol–water partition coefficient (Wildman–Crippen LogP) is 3.17. The fourth-order valence-corrected chi connectivity index (χ4v) is 4.79. The standard InChI is InChI=1S/C23H46N2O10S2/c1-20(2,3)34-18(26)24-14-22(7,8)16-32-36(28,29)12-11-13-37(30,31)33-17-23(9,10)15-25-19(27)35-21(4,5)6/h11-17H2,1-10H3,(H,24,26)(H,25,27). The van der Waals surface area contributed by atoms with Gasteiger partial charge in [0, 0.05) is 23.9 Å². The number of alkyl carbamates (subject to hydrolysis) is 2. The lowest BCUT2D eigenvalue weighted by atomic mass is 9.95. The molecule has 0 aromatic carbocycles. The van der Waals surface area contributed by atoms with Crippen molar-refractivity contribution in [2.45, 2.75) is 86.9 Å². The summed E-state index contributed by atoms with van der Waals surface area (Å²) in [5.74, 6) is -1.04. The van der Waals surface area contributed by atoms with Crippen LogP contribution >= 0.6 is 0 Å². The van der Waals surface area contributed by atoms with Crippen LogP contribution in [0.2, 0.25) is 0 Å². The summed E-state index contributed by atoms with van der Waals surface area (Å²) in [6.45, 7) is 17.0. The molecule has 0 aliphatic carbocycles. The van der Waals surface area contributed by atoms with Crippen molar-refractivity contribution < 1.29 is 44.3 Å². The second kappa shape index (κ2) is 13.4. The zero-order valence-electron chi connectivity index (χ0n) is 23.8. The molecule has 0 heterocycles. The van der Waals surface area contributed by atoms with Crippen molar-refractivity contribution in [2.75, 3.05) is 37.8 Å². The normalized spacial score (nSPS) is 13.7. The van der Waals surface area contributed by atoms with Crippen molar-refractivity contribution in [3.8, 4) is 0 Å². The van der Waals surface area contributed by atoms with E-state index in [4.69, 9.17) is 17.8 Å². The molecule has 0 aromatic rings. The minimum Gasteiger partial charge on any atom is -0.444 e. The minimum absolute atomic E-state index is 0.109. The monoisotopic (exact) mass is 574 g/mol. The van der Waals surface area contributed by atoms with E-state index in [0.29, 0.717) is 0 Å². The highest BCUT2D eigenvalue weighted by atomic mass is 32.2. The van der Waals surface area contributed by atoms with Crippen molar-refractivity contribution in [3.63, 3.8) is 0 Å². The Hall–Kier alpha value is -1.64. The van der Waals surface area contributed by atoms with Crippen LogP contribution in [0.5, 0.6) is 0 Å². The van der Waals surface area contributed by atoms with E-state index in [-0.39, 0.29) is 32.7 Å². The number of amides is 2. The summed E-state index contributed by atoms with van der Waals surface area (Å²) in [6.07, 6.45) is -1.48. The maximum atomic E-state index is 12.2. The van der Waals surface area contributed by atoms with E-state index < -0.39 is 66.0 Å². The Balaban J connectivity index is 4.52. The zero-order valence-corrected chi connectivity index (χ0v) is 25.5. The molecule has 0 fully saturated rings. The van der Waals surface area contributed by atoms with Gasteiger partial charge >= 0.3 is 12.2 Å². The number of hydrogen-bond acceptors (Lipinski definition) is 10. The van der Waals surface area contributed by atoms with Gasteiger partial charge in [0.25, 0.3) is 20.2 Å². The molecular formula is C23H46N2O10S2. The first-order valence-electron chi connectivity index (χ1n) is 12.0. The summed E-state index contributed by atoms with van der Waals surface area (Å²) >= 11 is 0. The van der Waals surface area contributed by atoms with Gasteiger partial charge in [-0.25, -0.2) is 9.59 Å². The van der Waals surface area contributed by atoms with Crippen LogP contribution in [0, 0.1) is 10.8 Å². The third-order valence-corrected chi connectivity index (χ3v) is 6.80. The maximum absolute atomic E-state index is 12.2. The maximum Gasteiger partial charge on any atom is 0.407 e. The summed E-state index contributed by atoms with van der Waals surface area (Å²) in [5, 5.41) is 5.14. The minimum atomic E-state index is -4.01. The van der Waals surface area contributed by atoms with Crippen molar-refractivity contribution in [3.05, 3.63) is 0 Å². The molecule has 0 bridgehead atoms. The molecule has 0 atom stereocenters. The van der Waals surface area contributed by atoms with E-state index in [1.165, 1.54) is 0 Å².